The van der Waals surface area contributed by atoms with Crippen LogP contribution in [0.5, 0.6) is 11.5 Å². The zero-order valence-electron chi connectivity index (χ0n) is 22.5. The topological polar surface area (TPSA) is 22.3 Å². The molecule has 0 N–H and O–H groups in total. The van der Waals surface area contributed by atoms with Gasteiger partial charge in [-0.1, -0.05) is 72.8 Å². The zero-order valence-corrected chi connectivity index (χ0v) is 22.5. The number of nitrogens with zero attached hydrogens (tertiary/aromatic N) is 3. The molecule has 0 radical (unpaired) electrons. The van der Waals surface area contributed by atoms with Crippen molar-refractivity contribution in [3.05, 3.63) is 133 Å². The molecule has 9 rings (SSSR count). The van der Waals surface area contributed by atoms with E-state index >= 15 is 0 Å². The van der Waals surface area contributed by atoms with Crippen LogP contribution in [-0.4, -0.2) is 16.2 Å². The number of para-hydroxylation sites is 4. The molecule has 0 atom stereocenters. The van der Waals surface area contributed by atoms with E-state index in [1.54, 1.807) is 0 Å². The predicted octanol–water partition coefficient (Wildman–Crippen LogP) is 9.75. The highest BCUT2D eigenvalue weighted by Crippen LogP contribution is 2.48. The fourth-order valence-corrected chi connectivity index (χ4v) is 6.65. The van der Waals surface area contributed by atoms with Crippen molar-refractivity contribution in [2.75, 3.05) is 11.9 Å². The number of rotatable bonds is 2. The molecule has 0 saturated carbocycles. The van der Waals surface area contributed by atoms with Crippen molar-refractivity contribution < 1.29 is 4.74 Å². The zero-order chi connectivity index (χ0) is 27.1. The third kappa shape index (κ3) is 3.10. The Morgan fingerprint density at radius 1 is 0.415 bits per heavy atom. The minimum Gasteiger partial charge on any atom is -0.453 e. The minimum atomic E-state index is 0.846. The summed E-state index contributed by atoms with van der Waals surface area (Å²) in [5.41, 5.74) is 9.00. The van der Waals surface area contributed by atoms with Crippen molar-refractivity contribution in [1.82, 2.24) is 9.13 Å². The molecule has 1 aliphatic rings. The highest BCUT2D eigenvalue weighted by molar-refractivity contribution is 6.10. The second kappa shape index (κ2) is 8.26. The van der Waals surface area contributed by atoms with Gasteiger partial charge >= 0.3 is 0 Å². The lowest BCUT2D eigenvalue weighted by Crippen LogP contribution is -2.16. The number of hydrogen-bond acceptors (Lipinski definition) is 2. The van der Waals surface area contributed by atoms with Gasteiger partial charge < -0.3 is 18.8 Å². The van der Waals surface area contributed by atoms with Gasteiger partial charge in [0, 0.05) is 40.7 Å². The van der Waals surface area contributed by atoms with Crippen molar-refractivity contribution in [3.8, 4) is 22.9 Å². The van der Waals surface area contributed by atoms with Crippen LogP contribution in [0.3, 0.4) is 0 Å². The van der Waals surface area contributed by atoms with Gasteiger partial charge in [0.05, 0.1) is 44.8 Å². The monoisotopic (exact) mass is 527 g/mol. The van der Waals surface area contributed by atoms with Gasteiger partial charge in [0.15, 0.2) is 11.5 Å². The number of anilines is 2. The number of aromatic nitrogens is 2. The molecular weight excluding hydrogens is 502 g/mol. The van der Waals surface area contributed by atoms with Crippen LogP contribution in [0.2, 0.25) is 0 Å². The van der Waals surface area contributed by atoms with Crippen LogP contribution in [0, 0.1) is 0 Å². The van der Waals surface area contributed by atoms with E-state index in [9.17, 15) is 0 Å². The van der Waals surface area contributed by atoms with E-state index in [4.69, 9.17) is 4.74 Å². The maximum Gasteiger partial charge on any atom is 0.153 e. The van der Waals surface area contributed by atoms with E-state index in [1.165, 1.54) is 43.6 Å². The first-order valence-electron chi connectivity index (χ1n) is 13.9. The van der Waals surface area contributed by atoms with Gasteiger partial charge in [0.1, 0.15) is 0 Å². The third-order valence-corrected chi connectivity index (χ3v) is 8.51. The van der Waals surface area contributed by atoms with E-state index in [-0.39, 0.29) is 0 Å². The maximum absolute atomic E-state index is 6.71. The molecule has 1 aliphatic heterocycles. The Balaban J connectivity index is 1.20. The second-order valence-electron chi connectivity index (χ2n) is 10.7. The van der Waals surface area contributed by atoms with E-state index in [0.717, 1.165) is 34.2 Å². The molecule has 4 heteroatoms. The summed E-state index contributed by atoms with van der Waals surface area (Å²) in [5.74, 6) is 1.69. The number of ether oxygens (including phenoxy) is 1. The predicted molar refractivity (Wildman–Crippen MR) is 170 cm³/mol. The Hall–Kier alpha value is -5.48. The molecule has 0 bridgehead atoms. The molecule has 194 valence electrons. The van der Waals surface area contributed by atoms with Gasteiger partial charge in [0.2, 0.25) is 0 Å². The van der Waals surface area contributed by atoms with E-state index in [1.807, 2.05) is 0 Å². The Kier molecular flexibility index (Phi) is 4.50. The Labute approximate surface area is 236 Å². The number of benzene rings is 6. The summed E-state index contributed by atoms with van der Waals surface area (Å²) < 4.78 is 11.4. The Morgan fingerprint density at radius 3 is 1.12 bits per heavy atom. The molecule has 6 aromatic carbocycles. The van der Waals surface area contributed by atoms with Gasteiger partial charge in [0.25, 0.3) is 0 Å². The quantitative estimate of drug-likeness (QED) is 0.223. The third-order valence-electron chi connectivity index (χ3n) is 8.51. The normalized spacial score (nSPS) is 12.7. The lowest BCUT2D eigenvalue weighted by Gasteiger charge is -2.30. The van der Waals surface area contributed by atoms with Crippen molar-refractivity contribution in [1.29, 1.82) is 0 Å². The summed E-state index contributed by atoms with van der Waals surface area (Å²) in [6.45, 7) is 0. The lowest BCUT2D eigenvalue weighted by molar-refractivity contribution is 0.475. The van der Waals surface area contributed by atoms with Gasteiger partial charge in [-0.15, -0.1) is 0 Å². The molecule has 0 fully saturated rings. The Bertz CT molecular complexity index is 2050. The molecule has 8 aromatic rings. The number of hydrogen-bond donors (Lipinski definition) is 0. The van der Waals surface area contributed by atoms with Crippen LogP contribution in [0.1, 0.15) is 0 Å². The standard InChI is InChI=1S/C37H25N3O/c1-38-34-20-18-24(39-30-14-6-2-10-26(30)27-11-3-7-15-31(27)39)22-36(34)41-37-23-25(19-21-35(37)38)40-32-16-8-4-12-28(32)29-13-5-9-17-33(29)40/h2-23H,1H3. The molecule has 2 aromatic heterocycles. The smallest absolute Gasteiger partial charge is 0.153 e. The van der Waals surface area contributed by atoms with Gasteiger partial charge in [-0.3, -0.25) is 0 Å². The molecule has 41 heavy (non-hydrogen) atoms. The van der Waals surface area contributed by atoms with Crippen molar-refractivity contribution in [2.24, 2.45) is 0 Å². The SMILES string of the molecule is CN1c2ccc(-n3c4ccccc4c4ccccc43)cc2Oc2cc(-n3c4ccccc4c4ccccc43)ccc21. The second-order valence-corrected chi connectivity index (χ2v) is 10.7. The number of fused-ring (bicyclic) bond motifs is 8. The lowest BCUT2D eigenvalue weighted by atomic mass is 10.1. The molecule has 0 aliphatic carbocycles. The molecule has 3 heterocycles. The fraction of sp³-hybridized carbons (Fsp3) is 0.0270. The Morgan fingerprint density at radius 2 is 0.756 bits per heavy atom. The summed E-state index contributed by atoms with van der Waals surface area (Å²) in [6, 6.07) is 47.4. The average molecular weight is 528 g/mol. The highest BCUT2D eigenvalue weighted by atomic mass is 16.5. The minimum absolute atomic E-state index is 0.846. The molecule has 4 nitrogen and oxygen atoms in total. The summed E-state index contributed by atoms with van der Waals surface area (Å²) >= 11 is 0. The van der Waals surface area contributed by atoms with Crippen LogP contribution in [0.25, 0.3) is 55.0 Å². The molecule has 0 saturated heterocycles. The molecular formula is C37H25N3O. The largest absolute Gasteiger partial charge is 0.453 e. The fourth-order valence-electron chi connectivity index (χ4n) is 6.65. The van der Waals surface area contributed by atoms with Crippen LogP contribution in [-0.2, 0) is 0 Å². The summed E-state index contributed by atoms with van der Waals surface area (Å²) in [7, 11) is 2.11. The molecule has 0 amide bonds. The van der Waals surface area contributed by atoms with Crippen LogP contribution < -0.4 is 9.64 Å². The summed E-state index contributed by atoms with van der Waals surface area (Å²) in [5, 5.41) is 5.00. The van der Waals surface area contributed by atoms with Crippen LogP contribution >= 0.6 is 0 Å². The average Bonchev–Trinajstić information content (AvgIpc) is 3.54. The van der Waals surface area contributed by atoms with Gasteiger partial charge in [-0.25, -0.2) is 0 Å². The van der Waals surface area contributed by atoms with E-state index in [2.05, 4.69) is 155 Å². The van der Waals surface area contributed by atoms with Gasteiger partial charge in [-0.2, -0.15) is 0 Å². The van der Waals surface area contributed by atoms with Crippen molar-refractivity contribution in [3.63, 3.8) is 0 Å². The first kappa shape index (κ1) is 22.3. The molecule has 0 unspecified atom stereocenters. The van der Waals surface area contributed by atoms with Crippen LogP contribution in [0.4, 0.5) is 11.4 Å². The van der Waals surface area contributed by atoms with Crippen LogP contribution in [0.15, 0.2) is 133 Å². The maximum atomic E-state index is 6.71. The highest BCUT2D eigenvalue weighted by Gasteiger charge is 2.24. The van der Waals surface area contributed by atoms with Crippen molar-refractivity contribution >= 4 is 55.0 Å². The molecule has 0 spiro atoms. The van der Waals surface area contributed by atoms with E-state index in [0.29, 0.717) is 0 Å². The first-order valence-corrected chi connectivity index (χ1v) is 13.9. The first-order chi connectivity index (χ1) is 20.3. The summed E-state index contributed by atoms with van der Waals surface area (Å²) in [6.07, 6.45) is 0. The van der Waals surface area contributed by atoms with Gasteiger partial charge in [-0.05, 0) is 48.5 Å². The van der Waals surface area contributed by atoms with E-state index < -0.39 is 0 Å². The van der Waals surface area contributed by atoms with Crippen molar-refractivity contribution in [2.45, 2.75) is 0 Å². The summed E-state index contributed by atoms with van der Waals surface area (Å²) in [4.78, 5) is 2.22.